The van der Waals surface area contributed by atoms with Crippen molar-refractivity contribution in [1.29, 1.82) is 0 Å². The van der Waals surface area contributed by atoms with Crippen LogP contribution < -0.4 is 15.4 Å². The van der Waals surface area contributed by atoms with Crippen LogP contribution in [0.3, 0.4) is 0 Å². The maximum atomic E-state index is 12.6. The molecule has 0 aliphatic carbocycles. The first-order valence-corrected chi connectivity index (χ1v) is 15.1. The summed E-state index contributed by atoms with van der Waals surface area (Å²) in [4.78, 5) is 12.6. The van der Waals surface area contributed by atoms with Gasteiger partial charge in [-0.05, 0) is 60.7 Å². The number of hydrogen-bond acceptors (Lipinski definition) is 9. The topological polar surface area (TPSA) is 114 Å². The lowest BCUT2D eigenvalue weighted by Crippen LogP contribution is -2.30. The molecule has 1 amide bonds. The number of carbonyl (C=O) groups is 1. The fraction of sp³-hybridized carbons (Fsp3) is 0.192. The summed E-state index contributed by atoms with van der Waals surface area (Å²) in [6, 6.07) is 23.2. The predicted octanol–water partition coefficient (Wildman–Crippen LogP) is 5.84. The number of hydrogen-bond donors (Lipinski definition) is 2. The second-order valence-corrected chi connectivity index (χ2v) is 12.0. The minimum atomic E-state index is -3.54. The normalized spacial score (nSPS) is 11.3. The number of rotatable bonds is 12. The van der Waals surface area contributed by atoms with Gasteiger partial charge in [0.05, 0.1) is 10.6 Å². The molecule has 38 heavy (non-hydrogen) atoms. The van der Waals surface area contributed by atoms with Crippen LogP contribution in [0, 0.1) is 0 Å². The van der Waals surface area contributed by atoms with Gasteiger partial charge in [0.2, 0.25) is 21.1 Å². The molecule has 4 rings (SSSR count). The van der Waals surface area contributed by atoms with Gasteiger partial charge in [0.1, 0.15) is 11.5 Å². The number of sulfonamides is 1. The molecule has 9 nitrogen and oxygen atoms in total. The van der Waals surface area contributed by atoms with Crippen molar-refractivity contribution in [3.05, 3.63) is 78.9 Å². The van der Waals surface area contributed by atoms with Gasteiger partial charge >= 0.3 is 0 Å². The van der Waals surface area contributed by atoms with Crippen molar-refractivity contribution in [2.45, 2.75) is 23.1 Å². The van der Waals surface area contributed by atoms with Crippen LogP contribution in [0.1, 0.15) is 13.8 Å². The molecule has 0 atom stereocenters. The first-order chi connectivity index (χ1) is 18.4. The van der Waals surface area contributed by atoms with Crippen molar-refractivity contribution in [2.24, 2.45) is 0 Å². The fourth-order valence-electron chi connectivity index (χ4n) is 3.42. The summed E-state index contributed by atoms with van der Waals surface area (Å²) in [6.45, 7) is 4.38. The van der Waals surface area contributed by atoms with Gasteiger partial charge in [-0.1, -0.05) is 55.1 Å². The molecule has 4 aromatic rings. The predicted molar refractivity (Wildman–Crippen MR) is 152 cm³/mol. The highest BCUT2D eigenvalue weighted by Gasteiger charge is 2.21. The van der Waals surface area contributed by atoms with Gasteiger partial charge in [0.25, 0.3) is 0 Å². The first kappa shape index (κ1) is 27.6. The molecule has 0 saturated heterocycles. The van der Waals surface area contributed by atoms with E-state index in [1.165, 1.54) is 39.5 Å². The number of para-hydroxylation sites is 1. The van der Waals surface area contributed by atoms with E-state index in [0.29, 0.717) is 28.2 Å². The Balaban J connectivity index is 1.25. The molecule has 0 saturated carbocycles. The summed E-state index contributed by atoms with van der Waals surface area (Å²) in [5, 5.41) is 14.8. The molecule has 2 N–H and O–H groups in total. The van der Waals surface area contributed by atoms with Crippen molar-refractivity contribution in [3.8, 4) is 11.5 Å². The first-order valence-electron chi connectivity index (χ1n) is 11.8. The Hall–Kier alpha value is -3.45. The van der Waals surface area contributed by atoms with Crippen LogP contribution in [0.15, 0.2) is 88.1 Å². The third-order valence-corrected chi connectivity index (χ3v) is 9.34. The Morgan fingerprint density at radius 2 is 1.53 bits per heavy atom. The second kappa shape index (κ2) is 12.9. The molecule has 0 fully saturated rings. The van der Waals surface area contributed by atoms with E-state index in [1.807, 2.05) is 54.6 Å². The highest BCUT2D eigenvalue weighted by atomic mass is 32.2. The smallest absolute Gasteiger partial charge is 0.243 e. The summed E-state index contributed by atoms with van der Waals surface area (Å²) in [7, 11) is -3.54. The van der Waals surface area contributed by atoms with Crippen LogP contribution in [0.2, 0.25) is 0 Å². The van der Waals surface area contributed by atoms with Crippen molar-refractivity contribution in [2.75, 3.05) is 29.5 Å². The van der Waals surface area contributed by atoms with E-state index < -0.39 is 10.0 Å². The van der Waals surface area contributed by atoms with Gasteiger partial charge in [-0.25, -0.2) is 8.42 Å². The number of nitrogens with one attached hydrogen (secondary N) is 2. The molecule has 0 radical (unpaired) electrons. The van der Waals surface area contributed by atoms with Gasteiger partial charge in [-0.2, -0.15) is 4.31 Å². The molecule has 0 aliphatic heterocycles. The summed E-state index contributed by atoms with van der Waals surface area (Å²) in [5.41, 5.74) is 1.36. The van der Waals surface area contributed by atoms with Gasteiger partial charge in [0.15, 0.2) is 4.34 Å². The number of thioether (sulfide) groups is 1. The summed E-state index contributed by atoms with van der Waals surface area (Å²) in [5.74, 6) is 1.40. The fourth-order valence-corrected chi connectivity index (χ4v) is 6.45. The van der Waals surface area contributed by atoms with Crippen LogP contribution in [-0.4, -0.2) is 47.7 Å². The van der Waals surface area contributed by atoms with Crippen LogP contribution in [0.5, 0.6) is 11.5 Å². The summed E-state index contributed by atoms with van der Waals surface area (Å²) in [6.07, 6.45) is 0. The Bertz CT molecular complexity index is 1440. The van der Waals surface area contributed by atoms with Crippen molar-refractivity contribution in [1.82, 2.24) is 14.5 Å². The minimum Gasteiger partial charge on any atom is -0.457 e. The van der Waals surface area contributed by atoms with Crippen LogP contribution in [-0.2, 0) is 14.8 Å². The monoisotopic (exact) mass is 569 g/mol. The standard InChI is InChI=1S/C26H27N5O4S3/c1-3-31(4-2)38(33,34)23-16-12-19(13-17-23)27-24(32)18-36-26-30-29-25(37-26)28-20-10-14-22(15-11-20)35-21-8-6-5-7-9-21/h5-17H,3-4,18H2,1-2H3,(H,27,32)(H,28,29). The van der Waals surface area contributed by atoms with Crippen LogP contribution >= 0.6 is 23.1 Å². The Morgan fingerprint density at radius 1 is 0.895 bits per heavy atom. The third-order valence-electron chi connectivity index (χ3n) is 5.30. The third kappa shape index (κ3) is 7.32. The molecule has 0 bridgehead atoms. The van der Waals surface area contributed by atoms with E-state index in [9.17, 15) is 13.2 Å². The Morgan fingerprint density at radius 3 is 2.18 bits per heavy atom. The van der Waals surface area contributed by atoms with Crippen LogP contribution in [0.25, 0.3) is 0 Å². The molecule has 198 valence electrons. The van der Waals surface area contributed by atoms with Gasteiger partial charge in [-0.3, -0.25) is 4.79 Å². The summed E-state index contributed by atoms with van der Waals surface area (Å²) < 4.78 is 33.0. The molecular formula is C26H27N5O4S3. The molecule has 12 heteroatoms. The van der Waals surface area contributed by atoms with Gasteiger partial charge < -0.3 is 15.4 Å². The van der Waals surface area contributed by atoms with E-state index in [0.717, 1.165) is 17.2 Å². The van der Waals surface area contributed by atoms with Crippen molar-refractivity contribution >= 4 is 55.5 Å². The average Bonchev–Trinajstić information content (AvgIpc) is 3.37. The lowest BCUT2D eigenvalue weighted by Gasteiger charge is -2.18. The lowest BCUT2D eigenvalue weighted by molar-refractivity contribution is -0.113. The lowest BCUT2D eigenvalue weighted by atomic mass is 10.3. The number of benzene rings is 3. The number of aromatic nitrogens is 2. The second-order valence-electron chi connectivity index (χ2n) is 7.89. The van der Waals surface area contributed by atoms with E-state index in [-0.39, 0.29) is 16.6 Å². The highest BCUT2D eigenvalue weighted by molar-refractivity contribution is 8.01. The SMILES string of the molecule is CCN(CC)S(=O)(=O)c1ccc(NC(=O)CSc2nnc(Nc3ccc(Oc4ccccc4)cc3)s2)cc1. The number of carbonyl (C=O) groups excluding carboxylic acids is 1. The van der Waals surface area contributed by atoms with Crippen molar-refractivity contribution < 1.29 is 17.9 Å². The van der Waals surface area contributed by atoms with Gasteiger partial charge in [0, 0.05) is 24.5 Å². The van der Waals surface area contributed by atoms with Crippen molar-refractivity contribution in [3.63, 3.8) is 0 Å². The Kier molecular flexibility index (Phi) is 9.34. The van der Waals surface area contributed by atoms with E-state index in [2.05, 4.69) is 20.8 Å². The quantitative estimate of drug-likeness (QED) is 0.205. The Labute approximate surface area is 230 Å². The van der Waals surface area contributed by atoms with E-state index >= 15 is 0 Å². The average molecular weight is 570 g/mol. The van der Waals surface area contributed by atoms with Crippen LogP contribution in [0.4, 0.5) is 16.5 Å². The van der Waals surface area contributed by atoms with E-state index in [1.54, 1.807) is 26.0 Å². The molecular weight excluding hydrogens is 543 g/mol. The number of ether oxygens (including phenoxy) is 1. The zero-order chi connectivity index (χ0) is 27.0. The molecule has 1 heterocycles. The maximum absolute atomic E-state index is 12.6. The summed E-state index contributed by atoms with van der Waals surface area (Å²) >= 11 is 2.61. The van der Waals surface area contributed by atoms with E-state index in [4.69, 9.17) is 4.74 Å². The maximum Gasteiger partial charge on any atom is 0.243 e. The number of amides is 1. The molecule has 1 aromatic heterocycles. The molecule has 0 unspecified atom stereocenters. The highest BCUT2D eigenvalue weighted by Crippen LogP contribution is 2.29. The zero-order valence-electron chi connectivity index (χ0n) is 20.8. The minimum absolute atomic E-state index is 0.139. The molecule has 3 aromatic carbocycles. The number of anilines is 3. The van der Waals surface area contributed by atoms with Gasteiger partial charge in [-0.15, -0.1) is 10.2 Å². The number of nitrogens with zero attached hydrogens (tertiary/aromatic N) is 3. The molecule has 0 aliphatic rings. The zero-order valence-corrected chi connectivity index (χ0v) is 23.3. The largest absolute Gasteiger partial charge is 0.457 e. The molecule has 0 spiro atoms.